The van der Waals surface area contributed by atoms with Gasteiger partial charge in [0.25, 0.3) is 0 Å². The molecule has 0 unspecified atom stereocenters. The van der Waals surface area contributed by atoms with Crippen molar-refractivity contribution in [1.29, 1.82) is 0 Å². The van der Waals surface area contributed by atoms with Crippen LogP contribution in [0.1, 0.15) is 64.2 Å². The maximum atomic E-state index is 3.86. The zero-order valence-electron chi connectivity index (χ0n) is 9.80. The van der Waals surface area contributed by atoms with Crippen LogP contribution >= 0.6 is 0 Å². The average molecular weight is 630 g/mol. The van der Waals surface area contributed by atoms with Crippen molar-refractivity contribution in [2.45, 2.75) is 76.3 Å². The smallest absolute Gasteiger partial charge is 1.00 e. The number of halogens is 2. The van der Waals surface area contributed by atoms with Gasteiger partial charge in [0.1, 0.15) is 0 Å². The Bertz CT molecular complexity index is 130. The van der Waals surface area contributed by atoms with Crippen LogP contribution in [0.15, 0.2) is 0 Å². The molecular formula is C12H23I2NPt. The standard InChI is InChI=1S/C12H23N.2HI.Pt/c1-3-7-11(8-4-1)13-12-9-5-2-6-10-12;;;/h11-13H,1-10H2;2*1H;/q;;;+2/p-2. The van der Waals surface area contributed by atoms with Crippen molar-refractivity contribution >= 4 is 0 Å². The van der Waals surface area contributed by atoms with E-state index >= 15 is 0 Å². The molecule has 0 aromatic heterocycles. The SMILES string of the molecule is C1CCC(NC2CCCCC2)CC1.[I-].[I-].[Pt+2]. The largest absolute Gasteiger partial charge is 2.00 e. The summed E-state index contributed by atoms with van der Waals surface area (Å²) >= 11 is 0. The molecule has 2 rings (SSSR count). The fourth-order valence-corrected chi connectivity index (χ4v) is 2.87. The van der Waals surface area contributed by atoms with Gasteiger partial charge in [0.2, 0.25) is 0 Å². The monoisotopic (exact) mass is 630 g/mol. The molecule has 0 saturated heterocycles. The van der Waals surface area contributed by atoms with Gasteiger partial charge in [-0.3, -0.25) is 0 Å². The summed E-state index contributed by atoms with van der Waals surface area (Å²) in [5.41, 5.74) is 0. The summed E-state index contributed by atoms with van der Waals surface area (Å²) in [6.07, 6.45) is 14.6. The fourth-order valence-electron chi connectivity index (χ4n) is 2.87. The van der Waals surface area contributed by atoms with Crippen LogP contribution in [0, 0.1) is 0 Å². The van der Waals surface area contributed by atoms with Gasteiger partial charge in [0, 0.05) is 12.1 Å². The van der Waals surface area contributed by atoms with Crippen LogP contribution in [-0.4, -0.2) is 12.1 Å². The van der Waals surface area contributed by atoms with Gasteiger partial charge in [-0.1, -0.05) is 38.5 Å². The second-order valence-corrected chi connectivity index (χ2v) is 4.84. The molecule has 0 aromatic rings. The predicted octanol–water partition coefficient (Wildman–Crippen LogP) is -2.75. The van der Waals surface area contributed by atoms with Gasteiger partial charge in [-0.2, -0.15) is 0 Å². The van der Waals surface area contributed by atoms with E-state index in [1.54, 1.807) is 0 Å². The van der Waals surface area contributed by atoms with Crippen LogP contribution in [-0.2, 0) is 21.1 Å². The van der Waals surface area contributed by atoms with E-state index in [2.05, 4.69) is 5.32 Å². The molecule has 1 N–H and O–H groups in total. The minimum absolute atomic E-state index is 0. The van der Waals surface area contributed by atoms with E-state index < -0.39 is 0 Å². The van der Waals surface area contributed by atoms with Gasteiger partial charge in [-0.15, -0.1) is 0 Å². The second-order valence-electron chi connectivity index (χ2n) is 4.84. The molecule has 0 aromatic carbocycles. The minimum Gasteiger partial charge on any atom is -1.00 e. The number of hydrogen-bond donors (Lipinski definition) is 1. The third kappa shape index (κ3) is 7.52. The van der Waals surface area contributed by atoms with E-state index in [1.807, 2.05) is 0 Å². The summed E-state index contributed by atoms with van der Waals surface area (Å²) in [4.78, 5) is 0. The zero-order chi connectivity index (χ0) is 8.93. The molecule has 1 nitrogen and oxygen atoms in total. The molecular weight excluding hydrogens is 607 g/mol. The molecule has 2 fully saturated rings. The van der Waals surface area contributed by atoms with Gasteiger partial charge in [0.05, 0.1) is 0 Å². The van der Waals surface area contributed by atoms with Crippen LogP contribution in [0.2, 0.25) is 0 Å². The van der Waals surface area contributed by atoms with Crippen molar-refractivity contribution in [1.82, 2.24) is 5.32 Å². The first kappa shape index (κ1) is 20.4. The Hall–Kier alpha value is 2.11. The number of rotatable bonds is 2. The molecule has 0 aliphatic heterocycles. The van der Waals surface area contributed by atoms with Crippen molar-refractivity contribution < 1.29 is 69.0 Å². The van der Waals surface area contributed by atoms with E-state index in [0.29, 0.717) is 0 Å². The Balaban J connectivity index is 0. The Morgan fingerprint density at radius 3 is 1.19 bits per heavy atom. The third-order valence-electron chi connectivity index (χ3n) is 3.68. The van der Waals surface area contributed by atoms with Gasteiger partial charge in [0.15, 0.2) is 0 Å². The molecule has 2 aliphatic rings. The fraction of sp³-hybridized carbons (Fsp3) is 1.00. The first-order valence-corrected chi connectivity index (χ1v) is 6.21. The van der Waals surface area contributed by atoms with Crippen molar-refractivity contribution in [2.24, 2.45) is 0 Å². The van der Waals surface area contributed by atoms with Crippen molar-refractivity contribution in [2.75, 3.05) is 0 Å². The maximum Gasteiger partial charge on any atom is 2.00 e. The molecule has 16 heavy (non-hydrogen) atoms. The van der Waals surface area contributed by atoms with E-state index in [0.717, 1.165) is 12.1 Å². The molecule has 4 heteroatoms. The Morgan fingerprint density at radius 1 is 0.562 bits per heavy atom. The van der Waals surface area contributed by atoms with E-state index in [1.165, 1.54) is 64.2 Å². The first-order chi connectivity index (χ1) is 6.45. The molecule has 0 atom stereocenters. The summed E-state index contributed by atoms with van der Waals surface area (Å²) in [7, 11) is 0. The summed E-state index contributed by atoms with van der Waals surface area (Å²) in [6.45, 7) is 0. The normalized spacial score (nSPS) is 22.5. The summed E-state index contributed by atoms with van der Waals surface area (Å²) < 4.78 is 0. The van der Waals surface area contributed by atoms with Crippen LogP contribution in [0.3, 0.4) is 0 Å². The molecule has 0 heterocycles. The summed E-state index contributed by atoms with van der Waals surface area (Å²) in [5.74, 6) is 0. The number of nitrogens with one attached hydrogen (secondary N) is 1. The molecule has 0 amide bonds. The van der Waals surface area contributed by atoms with Gasteiger partial charge >= 0.3 is 21.1 Å². The second kappa shape index (κ2) is 12.2. The molecule has 100 valence electrons. The minimum atomic E-state index is 0. The Labute approximate surface area is 149 Å². The van der Waals surface area contributed by atoms with Crippen LogP contribution in [0.25, 0.3) is 0 Å². The summed E-state index contributed by atoms with van der Waals surface area (Å²) in [6, 6.07) is 1.74. The van der Waals surface area contributed by atoms with Gasteiger partial charge < -0.3 is 53.3 Å². The predicted molar refractivity (Wildman–Crippen MR) is 56.9 cm³/mol. The molecule has 0 spiro atoms. The average Bonchev–Trinajstić information content (AvgIpc) is 2.21. The van der Waals surface area contributed by atoms with Crippen molar-refractivity contribution in [3.63, 3.8) is 0 Å². The maximum absolute atomic E-state index is 3.86. The molecule has 0 bridgehead atoms. The van der Waals surface area contributed by atoms with E-state index in [4.69, 9.17) is 0 Å². The molecule has 0 radical (unpaired) electrons. The first-order valence-electron chi connectivity index (χ1n) is 6.21. The summed E-state index contributed by atoms with van der Waals surface area (Å²) in [5, 5.41) is 3.86. The zero-order valence-corrected chi connectivity index (χ0v) is 16.4. The third-order valence-corrected chi connectivity index (χ3v) is 3.68. The van der Waals surface area contributed by atoms with Crippen molar-refractivity contribution in [3.8, 4) is 0 Å². The van der Waals surface area contributed by atoms with E-state index in [-0.39, 0.29) is 69.0 Å². The quantitative estimate of drug-likeness (QED) is 0.327. The Morgan fingerprint density at radius 2 is 0.875 bits per heavy atom. The van der Waals surface area contributed by atoms with Crippen LogP contribution in [0.5, 0.6) is 0 Å². The van der Waals surface area contributed by atoms with Crippen molar-refractivity contribution in [3.05, 3.63) is 0 Å². The molecule has 2 saturated carbocycles. The van der Waals surface area contributed by atoms with Crippen LogP contribution in [0.4, 0.5) is 0 Å². The van der Waals surface area contributed by atoms with Crippen LogP contribution < -0.4 is 53.3 Å². The van der Waals surface area contributed by atoms with Gasteiger partial charge in [-0.25, -0.2) is 0 Å². The number of hydrogen-bond acceptors (Lipinski definition) is 1. The molecule has 2 aliphatic carbocycles. The Kier molecular flexibility index (Phi) is 15.5. The van der Waals surface area contributed by atoms with Gasteiger partial charge in [-0.05, 0) is 25.7 Å². The topological polar surface area (TPSA) is 12.0 Å². The van der Waals surface area contributed by atoms with E-state index in [9.17, 15) is 0 Å².